The van der Waals surface area contributed by atoms with Gasteiger partial charge in [-0.3, -0.25) is 0 Å². The van der Waals surface area contributed by atoms with E-state index in [1.807, 2.05) is 0 Å². The molecule has 1 aromatic rings. The molecule has 92 valence electrons. The summed E-state index contributed by atoms with van der Waals surface area (Å²) in [6, 6.07) is 6.38. The van der Waals surface area contributed by atoms with Crippen LogP contribution in [0.25, 0.3) is 0 Å². The molecule has 0 unspecified atom stereocenters. The minimum atomic E-state index is 0.759. The minimum Gasteiger partial charge on any atom is -0.378 e. The molecular weight excluding hydrogens is 232 g/mol. The van der Waals surface area contributed by atoms with Crippen molar-refractivity contribution >= 4 is 23.0 Å². The molecule has 0 spiro atoms. The molecule has 1 saturated heterocycles. The van der Waals surface area contributed by atoms with Gasteiger partial charge in [0.15, 0.2) is 5.11 Å². The van der Waals surface area contributed by atoms with Gasteiger partial charge in [-0.05, 0) is 49.3 Å². The van der Waals surface area contributed by atoms with Crippen molar-refractivity contribution in [1.82, 2.24) is 4.90 Å². The Morgan fingerprint density at radius 2 is 1.76 bits per heavy atom. The van der Waals surface area contributed by atoms with Crippen molar-refractivity contribution in [2.24, 2.45) is 0 Å². The van der Waals surface area contributed by atoms with Crippen LogP contribution in [0, 0.1) is 13.8 Å². The number of hydrogen-bond donors (Lipinski definition) is 1. The number of nitrogens with one attached hydrogen (secondary N) is 1. The predicted molar refractivity (Wildman–Crippen MR) is 74.5 cm³/mol. The highest BCUT2D eigenvalue weighted by Crippen LogP contribution is 2.14. The number of benzene rings is 1. The maximum absolute atomic E-state index is 5.40. The van der Waals surface area contributed by atoms with E-state index in [2.05, 4.69) is 42.3 Å². The summed E-state index contributed by atoms with van der Waals surface area (Å²) in [6.45, 7) is 7.45. The summed E-state index contributed by atoms with van der Waals surface area (Å²) in [4.78, 5) is 2.15. The molecule has 1 aromatic carbocycles. The molecular formula is C13H18N2OS. The van der Waals surface area contributed by atoms with Crippen LogP contribution in [-0.4, -0.2) is 36.3 Å². The average molecular weight is 250 g/mol. The SMILES string of the molecule is Cc1cc(C)cc(NC(=S)N2CCOCC2)c1. The molecule has 17 heavy (non-hydrogen) atoms. The fraction of sp³-hybridized carbons (Fsp3) is 0.462. The molecule has 0 aromatic heterocycles. The van der Waals surface area contributed by atoms with Crippen molar-refractivity contribution < 1.29 is 4.74 Å². The van der Waals surface area contributed by atoms with E-state index < -0.39 is 0 Å². The van der Waals surface area contributed by atoms with Gasteiger partial charge in [0.2, 0.25) is 0 Å². The van der Waals surface area contributed by atoms with Crippen LogP contribution in [0.2, 0.25) is 0 Å². The van der Waals surface area contributed by atoms with Crippen LogP contribution < -0.4 is 5.32 Å². The second kappa shape index (κ2) is 5.47. The van der Waals surface area contributed by atoms with Crippen LogP contribution in [0.1, 0.15) is 11.1 Å². The molecule has 0 amide bonds. The largest absolute Gasteiger partial charge is 0.378 e. The van der Waals surface area contributed by atoms with Crippen molar-refractivity contribution in [2.75, 3.05) is 31.6 Å². The first-order valence-corrected chi connectivity index (χ1v) is 6.28. The van der Waals surface area contributed by atoms with Gasteiger partial charge in [0.25, 0.3) is 0 Å². The van der Waals surface area contributed by atoms with Gasteiger partial charge < -0.3 is 15.0 Å². The van der Waals surface area contributed by atoms with Crippen LogP contribution in [0.4, 0.5) is 5.69 Å². The molecule has 0 aliphatic carbocycles. The highest BCUT2D eigenvalue weighted by molar-refractivity contribution is 7.80. The van der Waals surface area contributed by atoms with Gasteiger partial charge in [0, 0.05) is 18.8 Å². The number of morpholine rings is 1. The Balaban J connectivity index is 2.01. The topological polar surface area (TPSA) is 24.5 Å². The average Bonchev–Trinajstić information content (AvgIpc) is 2.28. The normalized spacial score (nSPS) is 15.8. The molecule has 1 heterocycles. The first-order valence-electron chi connectivity index (χ1n) is 5.87. The van der Waals surface area contributed by atoms with Crippen LogP contribution in [-0.2, 0) is 4.74 Å². The first kappa shape index (κ1) is 12.3. The lowest BCUT2D eigenvalue weighted by molar-refractivity contribution is 0.0690. The van der Waals surface area contributed by atoms with Crippen LogP contribution in [0.3, 0.4) is 0 Å². The summed E-state index contributed by atoms with van der Waals surface area (Å²) < 4.78 is 5.31. The Morgan fingerprint density at radius 1 is 1.18 bits per heavy atom. The number of thiocarbonyl (C=S) groups is 1. The summed E-state index contributed by atoms with van der Waals surface area (Å²) in [7, 11) is 0. The van der Waals surface area contributed by atoms with Crippen LogP contribution in [0.5, 0.6) is 0 Å². The fourth-order valence-electron chi connectivity index (χ4n) is 2.02. The number of aryl methyl sites for hydroxylation is 2. The predicted octanol–water partition coefficient (Wildman–Crippen LogP) is 2.33. The lowest BCUT2D eigenvalue weighted by atomic mass is 10.1. The summed E-state index contributed by atoms with van der Waals surface area (Å²) in [5, 5.41) is 4.09. The van der Waals surface area contributed by atoms with E-state index in [0.717, 1.165) is 37.1 Å². The summed E-state index contributed by atoms with van der Waals surface area (Å²) in [6.07, 6.45) is 0. The van der Waals surface area contributed by atoms with Gasteiger partial charge >= 0.3 is 0 Å². The van der Waals surface area contributed by atoms with Crippen molar-refractivity contribution in [3.05, 3.63) is 29.3 Å². The Labute approximate surface area is 108 Å². The Bertz CT molecular complexity index is 394. The molecule has 1 N–H and O–H groups in total. The van der Waals surface area contributed by atoms with Gasteiger partial charge in [0.1, 0.15) is 0 Å². The third kappa shape index (κ3) is 3.41. The Kier molecular flexibility index (Phi) is 3.97. The van der Waals surface area contributed by atoms with Crippen molar-refractivity contribution in [2.45, 2.75) is 13.8 Å². The number of anilines is 1. The second-order valence-corrected chi connectivity index (χ2v) is 4.79. The van der Waals surface area contributed by atoms with E-state index in [0.29, 0.717) is 0 Å². The van der Waals surface area contributed by atoms with E-state index >= 15 is 0 Å². The Hall–Kier alpha value is -1.13. The number of ether oxygens (including phenoxy) is 1. The lowest BCUT2D eigenvalue weighted by Gasteiger charge is -2.29. The minimum absolute atomic E-state index is 0.759. The number of rotatable bonds is 1. The van der Waals surface area contributed by atoms with E-state index in [1.165, 1.54) is 11.1 Å². The standard InChI is InChI=1S/C13H18N2OS/c1-10-7-11(2)9-12(8-10)14-13(17)15-3-5-16-6-4-15/h7-9H,3-6H2,1-2H3,(H,14,17). The maximum atomic E-state index is 5.40. The van der Waals surface area contributed by atoms with Crippen LogP contribution in [0.15, 0.2) is 18.2 Å². The summed E-state index contributed by atoms with van der Waals surface area (Å²) in [5.41, 5.74) is 3.56. The zero-order chi connectivity index (χ0) is 12.3. The van der Waals surface area contributed by atoms with Crippen molar-refractivity contribution in [3.8, 4) is 0 Å². The highest BCUT2D eigenvalue weighted by Gasteiger charge is 2.13. The number of hydrogen-bond acceptors (Lipinski definition) is 2. The van der Waals surface area contributed by atoms with Gasteiger partial charge in [-0.2, -0.15) is 0 Å². The Morgan fingerprint density at radius 3 is 2.35 bits per heavy atom. The van der Waals surface area contributed by atoms with Gasteiger partial charge in [-0.15, -0.1) is 0 Å². The maximum Gasteiger partial charge on any atom is 0.173 e. The monoisotopic (exact) mass is 250 g/mol. The second-order valence-electron chi connectivity index (χ2n) is 4.41. The van der Waals surface area contributed by atoms with E-state index in [1.54, 1.807) is 0 Å². The third-order valence-corrected chi connectivity index (χ3v) is 3.13. The molecule has 0 atom stereocenters. The molecule has 1 aliphatic heterocycles. The third-order valence-electron chi connectivity index (χ3n) is 2.77. The quantitative estimate of drug-likeness (QED) is 0.773. The fourth-order valence-corrected chi connectivity index (χ4v) is 2.32. The molecule has 1 aliphatic rings. The molecule has 3 nitrogen and oxygen atoms in total. The van der Waals surface area contributed by atoms with Crippen molar-refractivity contribution in [3.63, 3.8) is 0 Å². The molecule has 0 saturated carbocycles. The van der Waals surface area contributed by atoms with E-state index in [-0.39, 0.29) is 0 Å². The molecule has 1 fully saturated rings. The molecule has 0 bridgehead atoms. The smallest absolute Gasteiger partial charge is 0.173 e. The van der Waals surface area contributed by atoms with Gasteiger partial charge in [-0.25, -0.2) is 0 Å². The molecule has 2 rings (SSSR count). The zero-order valence-electron chi connectivity index (χ0n) is 10.3. The summed E-state index contributed by atoms with van der Waals surface area (Å²) in [5.74, 6) is 0. The van der Waals surface area contributed by atoms with Crippen molar-refractivity contribution in [1.29, 1.82) is 0 Å². The number of nitrogens with zero attached hydrogens (tertiary/aromatic N) is 1. The van der Waals surface area contributed by atoms with E-state index in [4.69, 9.17) is 17.0 Å². The molecule has 4 heteroatoms. The highest BCUT2D eigenvalue weighted by atomic mass is 32.1. The van der Waals surface area contributed by atoms with Gasteiger partial charge in [-0.1, -0.05) is 6.07 Å². The molecule has 0 radical (unpaired) electrons. The lowest BCUT2D eigenvalue weighted by Crippen LogP contribution is -2.42. The summed E-state index contributed by atoms with van der Waals surface area (Å²) >= 11 is 5.40. The van der Waals surface area contributed by atoms with E-state index in [9.17, 15) is 0 Å². The zero-order valence-corrected chi connectivity index (χ0v) is 11.1. The first-order chi connectivity index (χ1) is 8.15. The van der Waals surface area contributed by atoms with Crippen LogP contribution >= 0.6 is 12.2 Å². The van der Waals surface area contributed by atoms with Gasteiger partial charge in [0.05, 0.1) is 13.2 Å².